The van der Waals surface area contributed by atoms with E-state index in [2.05, 4.69) is 40.7 Å². The van der Waals surface area contributed by atoms with E-state index in [-0.39, 0.29) is 11.8 Å². The lowest BCUT2D eigenvalue weighted by Gasteiger charge is -2.12. The maximum absolute atomic E-state index is 11.7. The van der Waals surface area contributed by atoms with Gasteiger partial charge in [-0.2, -0.15) is 0 Å². The number of fused-ring (bicyclic) bond motifs is 1. The van der Waals surface area contributed by atoms with Crippen molar-refractivity contribution in [3.63, 3.8) is 0 Å². The van der Waals surface area contributed by atoms with Crippen LogP contribution in [0.25, 0.3) is 22.2 Å². The van der Waals surface area contributed by atoms with Crippen molar-refractivity contribution in [1.82, 2.24) is 9.55 Å². The Balaban J connectivity index is 1.72. The number of aromatic amines is 1. The van der Waals surface area contributed by atoms with Gasteiger partial charge in [0.2, 0.25) is 5.56 Å². The summed E-state index contributed by atoms with van der Waals surface area (Å²) in [6, 6.07) is 11.8. The average molecular weight is 324 g/mol. The van der Waals surface area contributed by atoms with E-state index in [9.17, 15) is 4.79 Å². The summed E-state index contributed by atoms with van der Waals surface area (Å²) in [5, 5.41) is 1.14. The minimum atomic E-state index is -0.169. The van der Waals surface area contributed by atoms with Crippen LogP contribution >= 0.6 is 0 Å². The van der Waals surface area contributed by atoms with Crippen LogP contribution in [0.3, 0.4) is 0 Å². The molecule has 0 bridgehead atoms. The zero-order valence-corrected chi connectivity index (χ0v) is 13.6. The monoisotopic (exact) mass is 324 g/mol. The fourth-order valence-corrected chi connectivity index (χ4v) is 3.25. The summed E-state index contributed by atoms with van der Waals surface area (Å²) < 4.78 is 13.2. The van der Waals surface area contributed by atoms with Gasteiger partial charge in [-0.3, -0.25) is 4.79 Å². The highest BCUT2D eigenvalue weighted by atomic mass is 16.7. The molecule has 4 rings (SSSR count). The first-order valence-corrected chi connectivity index (χ1v) is 8.29. The van der Waals surface area contributed by atoms with Crippen LogP contribution in [0.4, 0.5) is 0 Å². The van der Waals surface area contributed by atoms with Crippen LogP contribution in [0, 0.1) is 0 Å². The molecular formula is C19H20N2O3. The molecule has 1 saturated heterocycles. The largest absolute Gasteiger partial charge is 0.348 e. The molecule has 1 fully saturated rings. The van der Waals surface area contributed by atoms with E-state index in [0.29, 0.717) is 19.8 Å². The number of nitrogens with one attached hydrogen (secondary N) is 1. The van der Waals surface area contributed by atoms with E-state index < -0.39 is 0 Å². The van der Waals surface area contributed by atoms with Crippen molar-refractivity contribution < 1.29 is 9.47 Å². The number of H-pyrrole nitrogens is 1. The lowest BCUT2D eigenvalue weighted by Crippen LogP contribution is -2.16. The van der Waals surface area contributed by atoms with Crippen molar-refractivity contribution in [1.29, 1.82) is 0 Å². The van der Waals surface area contributed by atoms with Crippen molar-refractivity contribution >= 4 is 10.9 Å². The highest BCUT2D eigenvalue weighted by Gasteiger charge is 2.17. The third-order valence-electron chi connectivity index (χ3n) is 4.48. The van der Waals surface area contributed by atoms with Crippen LogP contribution < -0.4 is 5.56 Å². The molecule has 5 nitrogen and oxygen atoms in total. The van der Waals surface area contributed by atoms with Crippen LogP contribution in [0.1, 0.15) is 12.5 Å². The molecule has 1 aliphatic heterocycles. The molecule has 0 aliphatic carbocycles. The van der Waals surface area contributed by atoms with Gasteiger partial charge < -0.3 is 19.0 Å². The van der Waals surface area contributed by atoms with E-state index in [1.54, 1.807) is 6.07 Å². The Kier molecular flexibility index (Phi) is 3.96. The van der Waals surface area contributed by atoms with Crippen molar-refractivity contribution in [2.24, 2.45) is 0 Å². The Bertz CT molecular complexity index is 920. The summed E-state index contributed by atoms with van der Waals surface area (Å²) in [6.07, 6.45) is 2.76. The molecule has 0 amide bonds. The Morgan fingerprint density at radius 2 is 2.00 bits per heavy atom. The van der Waals surface area contributed by atoms with E-state index in [1.165, 1.54) is 0 Å². The van der Waals surface area contributed by atoms with Gasteiger partial charge in [0.05, 0.1) is 25.5 Å². The summed E-state index contributed by atoms with van der Waals surface area (Å²) in [6.45, 7) is 4.10. The molecule has 1 N–H and O–H groups in total. The van der Waals surface area contributed by atoms with Gasteiger partial charge in [0.1, 0.15) is 0 Å². The minimum Gasteiger partial charge on any atom is -0.348 e. The van der Waals surface area contributed by atoms with Gasteiger partial charge >= 0.3 is 0 Å². The highest BCUT2D eigenvalue weighted by Crippen LogP contribution is 2.26. The molecule has 1 aromatic carbocycles. The summed E-state index contributed by atoms with van der Waals surface area (Å²) in [7, 11) is 0. The third-order valence-corrected chi connectivity index (χ3v) is 4.48. The van der Waals surface area contributed by atoms with Crippen LogP contribution in [-0.4, -0.2) is 29.1 Å². The number of ether oxygens (including phenoxy) is 2. The predicted octanol–water partition coefficient (Wildman–Crippen LogP) is 2.93. The second kappa shape index (κ2) is 6.26. The SMILES string of the molecule is CCc1ccc(=O)[nH]c1-c1ccc2c(ccn2CC2OCCO2)c1. The zero-order chi connectivity index (χ0) is 16.5. The van der Waals surface area contributed by atoms with Gasteiger partial charge in [0.15, 0.2) is 6.29 Å². The van der Waals surface area contributed by atoms with E-state index >= 15 is 0 Å². The molecule has 124 valence electrons. The Morgan fingerprint density at radius 3 is 2.79 bits per heavy atom. The summed E-state index contributed by atoms with van der Waals surface area (Å²) >= 11 is 0. The lowest BCUT2D eigenvalue weighted by molar-refractivity contribution is -0.0517. The first-order chi connectivity index (χ1) is 11.7. The predicted molar refractivity (Wildman–Crippen MR) is 93.1 cm³/mol. The molecule has 3 heterocycles. The molecule has 3 aromatic rings. The van der Waals surface area contributed by atoms with Gasteiger partial charge in [-0.05, 0) is 35.7 Å². The molecule has 5 heteroatoms. The fourth-order valence-electron chi connectivity index (χ4n) is 3.25. The average Bonchev–Trinajstić information content (AvgIpc) is 3.25. The maximum atomic E-state index is 11.7. The molecule has 0 radical (unpaired) electrons. The Hall–Kier alpha value is -2.37. The second-order valence-corrected chi connectivity index (χ2v) is 5.99. The molecular weight excluding hydrogens is 304 g/mol. The summed E-state index contributed by atoms with van der Waals surface area (Å²) in [5.74, 6) is 0. The van der Waals surface area contributed by atoms with Crippen molar-refractivity contribution in [2.45, 2.75) is 26.2 Å². The van der Waals surface area contributed by atoms with E-state index in [0.717, 1.165) is 34.1 Å². The number of pyridine rings is 1. The molecule has 0 unspecified atom stereocenters. The maximum Gasteiger partial charge on any atom is 0.248 e. The van der Waals surface area contributed by atoms with Gasteiger partial charge in [0.25, 0.3) is 0 Å². The first kappa shape index (κ1) is 15.2. The van der Waals surface area contributed by atoms with E-state index in [4.69, 9.17) is 9.47 Å². The standard InChI is InChI=1S/C19H20N2O3/c1-2-13-4-6-17(22)20-19(13)15-3-5-16-14(11-15)7-8-21(16)12-18-23-9-10-24-18/h3-8,11,18H,2,9-10,12H2,1H3,(H,20,22). The number of nitrogens with zero attached hydrogens (tertiary/aromatic N) is 1. The quantitative estimate of drug-likeness (QED) is 0.803. The van der Waals surface area contributed by atoms with Gasteiger partial charge in [-0.1, -0.05) is 19.1 Å². The van der Waals surface area contributed by atoms with Gasteiger partial charge in [-0.15, -0.1) is 0 Å². The lowest BCUT2D eigenvalue weighted by atomic mass is 10.0. The fraction of sp³-hybridized carbons (Fsp3) is 0.316. The summed E-state index contributed by atoms with van der Waals surface area (Å²) in [4.78, 5) is 14.7. The van der Waals surface area contributed by atoms with Crippen molar-refractivity contribution in [2.75, 3.05) is 13.2 Å². The van der Waals surface area contributed by atoms with Crippen LogP contribution in [0.2, 0.25) is 0 Å². The molecule has 2 aromatic heterocycles. The highest BCUT2D eigenvalue weighted by molar-refractivity contribution is 5.85. The minimum absolute atomic E-state index is 0.0737. The summed E-state index contributed by atoms with van der Waals surface area (Å²) in [5.41, 5.74) is 4.14. The molecule has 0 spiro atoms. The van der Waals surface area contributed by atoms with Gasteiger partial charge in [-0.25, -0.2) is 0 Å². The number of hydrogen-bond acceptors (Lipinski definition) is 3. The van der Waals surface area contributed by atoms with Crippen molar-refractivity contribution in [3.05, 3.63) is 58.5 Å². The smallest absolute Gasteiger partial charge is 0.248 e. The Morgan fingerprint density at radius 1 is 1.17 bits per heavy atom. The second-order valence-electron chi connectivity index (χ2n) is 5.99. The van der Waals surface area contributed by atoms with Crippen LogP contribution in [0.5, 0.6) is 0 Å². The molecule has 1 aliphatic rings. The van der Waals surface area contributed by atoms with Crippen LogP contribution in [-0.2, 0) is 22.4 Å². The third kappa shape index (κ3) is 2.77. The number of rotatable bonds is 4. The first-order valence-electron chi connectivity index (χ1n) is 8.29. The number of hydrogen-bond donors (Lipinski definition) is 1. The van der Waals surface area contributed by atoms with E-state index in [1.807, 2.05) is 12.3 Å². The zero-order valence-electron chi connectivity index (χ0n) is 13.6. The normalized spacial score (nSPS) is 15.4. The number of aryl methyl sites for hydroxylation is 1. The van der Waals surface area contributed by atoms with Crippen molar-refractivity contribution in [3.8, 4) is 11.3 Å². The molecule has 0 atom stereocenters. The Labute approximate surface area is 139 Å². The molecule has 24 heavy (non-hydrogen) atoms. The van der Waals surface area contributed by atoms with Gasteiger partial charge in [0, 0.05) is 23.2 Å². The number of benzene rings is 1. The van der Waals surface area contributed by atoms with Crippen LogP contribution in [0.15, 0.2) is 47.4 Å². The molecule has 0 saturated carbocycles. The number of aromatic nitrogens is 2. The topological polar surface area (TPSA) is 56.2 Å².